The number of urea groups is 1. The third-order valence-electron chi connectivity index (χ3n) is 6.85. The number of anilines is 2. The molecule has 0 bridgehead atoms. The lowest BCUT2D eigenvalue weighted by Gasteiger charge is -2.45. The van der Waals surface area contributed by atoms with Gasteiger partial charge in [0.1, 0.15) is 11.4 Å². The lowest BCUT2D eigenvalue weighted by molar-refractivity contribution is -0.138. The Morgan fingerprint density at radius 1 is 0.925 bits per heavy atom. The summed E-state index contributed by atoms with van der Waals surface area (Å²) >= 11 is 0. The van der Waals surface area contributed by atoms with Crippen LogP contribution < -0.4 is 20.7 Å². The number of methoxy groups -OCH3 is 1. The van der Waals surface area contributed by atoms with Crippen LogP contribution in [0, 0.1) is 6.92 Å². The number of carbonyl (C=O) groups is 3. The molecule has 0 fully saturated rings. The van der Waals surface area contributed by atoms with E-state index in [-0.39, 0.29) is 25.3 Å². The number of nitrogens with zero attached hydrogens (tertiary/aromatic N) is 1. The number of ether oxygens (including phenoxy) is 1. The summed E-state index contributed by atoms with van der Waals surface area (Å²) in [6.45, 7) is 6.24. The Morgan fingerprint density at radius 3 is 2.23 bits per heavy atom. The molecule has 3 aromatic rings. The zero-order valence-corrected chi connectivity index (χ0v) is 23.5. The van der Waals surface area contributed by atoms with Gasteiger partial charge in [-0.15, -0.1) is 0 Å². The second-order valence-corrected chi connectivity index (χ2v) is 9.48. The van der Waals surface area contributed by atoms with Gasteiger partial charge in [-0.05, 0) is 48.2 Å². The van der Waals surface area contributed by atoms with Crippen molar-refractivity contribution >= 4 is 29.3 Å². The quantitative estimate of drug-likeness (QED) is 0.204. The minimum Gasteiger partial charge on any atom is -0.495 e. The van der Waals surface area contributed by atoms with Crippen LogP contribution in [0.1, 0.15) is 49.8 Å². The highest BCUT2D eigenvalue weighted by Crippen LogP contribution is 2.36. The van der Waals surface area contributed by atoms with E-state index in [2.05, 4.69) is 16.0 Å². The maximum absolute atomic E-state index is 12.9. The molecule has 0 aliphatic heterocycles. The van der Waals surface area contributed by atoms with Gasteiger partial charge in [-0.3, -0.25) is 14.5 Å². The first-order chi connectivity index (χ1) is 19.2. The fourth-order valence-corrected chi connectivity index (χ4v) is 4.65. The molecule has 0 spiro atoms. The highest BCUT2D eigenvalue weighted by molar-refractivity contribution is 6.01. The summed E-state index contributed by atoms with van der Waals surface area (Å²) in [5.41, 5.74) is 2.73. The molecular weight excluding hydrogens is 508 g/mol. The molecule has 0 heterocycles. The van der Waals surface area contributed by atoms with Gasteiger partial charge in [0.05, 0.1) is 19.2 Å². The molecule has 3 aromatic carbocycles. The molecule has 4 N–H and O–H groups in total. The first-order valence-electron chi connectivity index (χ1n) is 13.4. The zero-order valence-electron chi connectivity index (χ0n) is 23.5. The number of carbonyl (C=O) groups excluding carboxylic acids is 2. The van der Waals surface area contributed by atoms with Gasteiger partial charge in [-0.1, -0.05) is 68.4 Å². The highest BCUT2D eigenvalue weighted by atomic mass is 16.5. The predicted molar refractivity (Wildman–Crippen MR) is 156 cm³/mol. The standard InChI is InChI=1S/C31H38N4O5/c1-5-28(36)34-31(6-2,35(19-18-29(37)38)21-23-13-8-7-9-14-23)24-16-17-26(27(20-24)40-4)33-30(39)32-25-15-11-10-12-22(25)3/h7-17,20H,5-6,18-19,21H2,1-4H3,(H,34,36)(H,37,38)(H2,32,33,39). The first-order valence-corrected chi connectivity index (χ1v) is 13.4. The number of hydrogen-bond donors (Lipinski definition) is 4. The monoisotopic (exact) mass is 546 g/mol. The molecule has 0 saturated heterocycles. The summed E-state index contributed by atoms with van der Waals surface area (Å²) in [4.78, 5) is 39.2. The summed E-state index contributed by atoms with van der Waals surface area (Å²) in [6, 6.07) is 22.1. The normalized spacial score (nSPS) is 12.3. The van der Waals surface area contributed by atoms with Gasteiger partial charge in [0.2, 0.25) is 5.91 Å². The van der Waals surface area contributed by atoms with E-state index in [1.165, 1.54) is 7.11 Å². The van der Waals surface area contributed by atoms with Crippen molar-refractivity contribution in [2.75, 3.05) is 24.3 Å². The Bertz CT molecular complexity index is 1310. The topological polar surface area (TPSA) is 120 Å². The lowest BCUT2D eigenvalue weighted by atomic mass is 9.92. The molecule has 9 nitrogen and oxygen atoms in total. The summed E-state index contributed by atoms with van der Waals surface area (Å²) in [5.74, 6) is -0.699. The summed E-state index contributed by atoms with van der Waals surface area (Å²) in [7, 11) is 1.51. The zero-order chi connectivity index (χ0) is 29.1. The lowest BCUT2D eigenvalue weighted by Crippen LogP contribution is -2.57. The van der Waals surface area contributed by atoms with Gasteiger partial charge in [-0.25, -0.2) is 4.79 Å². The molecule has 0 saturated carbocycles. The maximum atomic E-state index is 12.9. The Kier molecular flexibility index (Phi) is 10.7. The van der Waals surface area contributed by atoms with Crippen LogP contribution in [-0.2, 0) is 21.8 Å². The van der Waals surface area contributed by atoms with E-state index in [0.29, 0.717) is 35.7 Å². The minimum absolute atomic E-state index is 0.105. The van der Waals surface area contributed by atoms with Crippen LogP contribution >= 0.6 is 0 Å². The van der Waals surface area contributed by atoms with Crippen molar-refractivity contribution in [3.63, 3.8) is 0 Å². The summed E-state index contributed by atoms with van der Waals surface area (Å²) in [6.07, 6.45) is 0.608. The Labute approximate surface area is 235 Å². The predicted octanol–water partition coefficient (Wildman–Crippen LogP) is 5.71. The number of carboxylic acids is 1. The number of aliphatic carboxylic acids is 1. The van der Waals surface area contributed by atoms with Crippen LogP contribution in [0.2, 0.25) is 0 Å². The Hall–Kier alpha value is -4.37. The van der Waals surface area contributed by atoms with Crippen molar-refractivity contribution in [2.24, 2.45) is 0 Å². The largest absolute Gasteiger partial charge is 0.495 e. The van der Waals surface area contributed by atoms with E-state index in [9.17, 15) is 19.5 Å². The van der Waals surface area contributed by atoms with Crippen LogP contribution in [-0.4, -0.2) is 41.6 Å². The van der Waals surface area contributed by atoms with Gasteiger partial charge < -0.3 is 25.8 Å². The number of hydrogen-bond acceptors (Lipinski definition) is 5. The Balaban J connectivity index is 2.01. The third kappa shape index (κ3) is 7.60. The van der Waals surface area contributed by atoms with Gasteiger partial charge in [0.15, 0.2) is 0 Å². The van der Waals surface area contributed by atoms with E-state index >= 15 is 0 Å². The summed E-state index contributed by atoms with van der Waals surface area (Å²) in [5, 5.41) is 18.4. The van der Waals surface area contributed by atoms with Crippen LogP contribution in [0.5, 0.6) is 5.75 Å². The second kappa shape index (κ2) is 14.1. The number of para-hydroxylation sites is 1. The van der Waals surface area contributed by atoms with E-state index in [1.54, 1.807) is 19.1 Å². The molecule has 9 heteroatoms. The minimum atomic E-state index is -1.03. The molecule has 0 aliphatic carbocycles. The highest BCUT2D eigenvalue weighted by Gasteiger charge is 2.39. The number of rotatable bonds is 13. The van der Waals surface area contributed by atoms with Crippen molar-refractivity contribution in [2.45, 2.75) is 52.2 Å². The maximum Gasteiger partial charge on any atom is 0.323 e. The summed E-state index contributed by atoms with van der Waals surface area (Å²) < 4.78 is 5.66. The van der Waals surface area contributed by atoms with E-state index < -0.39 is 17.7 Å². The van der Waals surface area contributed by atoms with E-state index in [0.717, 1.165) is 11.1 Å². The second-order valence-electron chi connectivity index (χ2n) is 9.48. The van der Waals surface area contributed by atoms with Crippen molar-refractivity contribution in [3.05, 3.63) is 89.5 Å². The average molecular weight is 547 g/mol. The van der Waals surface area contributed by atoms with Crippen molar-refractivity contribution < 1.29 is 24.2 Å². The number of benzene rings is 3. The first kappa shape index (κ1) is 30.2. The Morgan fingerprint density at radius 2 is 1.60 bits per heavy atom. The van der Waals surface area contributed by atoms with Crippen molar-refractivity contribution in [3.8, 4) is 5.75 Å². The third-order valence-corrected chi connectivity index (χ3v) is 6.85. The van der Waals surface area contributed by atoms with Gasteiger partial charge in [0, 0.05) is 25.2 Å². The SMILES string of the molecule is CCC(=O)NC(CC)(c1ccc(NC(=O)Nc2ccccc2C)c(OC)c1)N(CCC(=O)O)Cc1ccccc1. The average Bonchev–Trinajstić information content (AvgIpc) is 2.95. The number of aryl methyl sites for hydroxylation is 1. The molecule has 0 aliphatic rings. The molecule has 1 atom stereocenters. The molecular formula is C31H38N4O5. The van der Waals surface area contributed by atoms with Gasteiger partial charge in [-0.2, -0.15) is 0 Å². The van der Waals surface area contributed by atoms with Crippen LogP contribution in [0.3, 0.4) is 0 Å². The van der Waals surface area contributed by atoms with Crippen LogP contribution in [0.4, 0.5) is 16.2 Å². The number of amides is 3. The number of nitrogens with one attached hydrogen (secondary N) is 3. The smallest absolute Gasteiger partial charge is 0.323 e. The van der Waals surface area contributed by atoms with Gasteiger partial charge >= 0.3 is 12.0 Å². The van der Waals surface area contributed by atoms with Crippen LogP contribution in [0.25, 0.3) is 0 Å². The van der Waals surface area contributed by atoms with Crippen molar-refractivity contribution in [1.82, 2.24) is 10.2 Å². The van der Waals surface area contributed by atoms with Crippen molar-refractivity contribution in [1.29, 1.82) is 0 Å². The van der Waals surface area contributed by atoms with Gasteiger partial charge in [0.25, 0.3) is 0 Å². The van der Waals surface area contributed by atoms with Crippen LogP contribution in [0.15, 0.2) is 72.8 Å². The van der Waals surface area contributed by atoms with E-state index in [4.69, 9.17) is 4.74 Å². The fraction of sp³-hybridized carbons (Fsp3) is 0.323. The molecule has 3 rings (SSSR count). The molecule has 40 heavy (non-hydrogen) atoms. The van der Waals surface area contributed by atoms with E-state index in [1.807, 2.05) is 79.4 Å². The molecule has 0 radical (unpaired) electrons. The molecule has 1 unspecified atom stereocenters. The number of carboxylic acid groups (broad SMARTS) is 1. The molecule has 0 aromatic heterocycles. The molecule has 3 amide bonds. The molecule has 212 valence electrons. The fourth-order valence-electron chi connectivity index (χ4n) is 4.65.